The molecule has 1 saturated carbocycles. The van der Waals surface area contributed by atoms with Crippen LogP contribution in [0.25, 0.3) is 10.9 Å². The van der Waals surface area contributed by atoms with E-state index in [4.69, 9.17) is 19.9 Å². The number of anilines is 2. The van der Waals surface area contributed by atoms with Crippen LogP contribution in [0.3, 0.4) is 0 Å². The fraction of sp³-hybridized carbons (Fsp3) is 0.500. The molecule has 0 bridgehead atoms. The Bertz CT molecular complexity index is 707. The van der Waals surface area contributed by atoms with Crippen LogP contribution < -0.4 is 20.5 Å². The molecule has 1 heterocycles. The van der Waals surface area contributed by atoms with Crippen molar-refractivity contribution in [1.29, 1.82) is 0 Å². The maximum Gasteiger partial charge on any atom is 0.225 e. The van der Waals surface area contributed by atoms with Gasteiger partial charge in [0.15, 0.2) is 11.5 Å². The molecule has 0 aliphatic heterocycles. The van der Waals surface area contributed by atoms with E-state index in [2.05, 4.69) is 15.3 Å². The van der Waals surface area contributed by atoms with Crippen molar-refractivity contribution in [2.75, 3.05) is 32.4 Å². The normalized spacial score (nSPS) is 20.7. The van der Waals surface area contributed by atoms with Crippen LogP contribution in [0.2, 0.25) is 0 Å². The quantitative estimate of drug-likeness (QED) is 0.873. The van der Waals surface area contributed by atoms with Crippen molar-refractivity contribution >= 4 is 22.7 Å². The first-order chi connectivity index (χ1) is 11.1. The number of hydrogen-bond donors (Lipinski definition) is 2. The maximum atomic E-state index is 6.09. The number of aromatic nitrogens is 2. The summed E-state index contributed by atoms with van der Waals surface area (Å²) in [5.74, 6) is 2.17. The van der Waals surface area contributed by atoms with Gasteiger partial charge in [-0.3, -0.25) is 0 Å². The van der Waals surface area contributed by atoms with Gasteiger partial charge in [-0.1, -0.05) is 0 Å². The summed E-state index contributed by atoms with van der Waals surface area (Å²) in [4.78, 5) is 8.92. The summed E-state index contributed by atoms with van der Waals surface area (Å²) in [7, 11) is 4.93. The fourth-order valence-electron chi connectivity index (χ4n) is 3.01. The Morgan fingerprint density at radius 1 is 1.09 bits per heavy atom. The highest BCUT2D eigenvalue weighted by molar-refractivity contribution is 5.91. The van der Waals surface area contributed by atoms with Gasteiger partial charge in [-0.2, -0.15) is 4.98 Å². The van der Waals surface area contributed by atoms with Crippen LogP contribution in [0.15, 0.2) is 12.1 Å². The molecule has 7 nitrogen and oxygen atoms in total. The van der Waals surface area contributed by atoms with Crippen molar-refractivity contribution in [2.24, 2.45) is 0 Å². The first kappa shape index (κ1) is 15.6. The van der Waals surface area contributed by atoms with Gasteiger partial charge in [-0.15, -0.1) is 0 Å². The molecule has 23 heavy (non-hydrogen) atoms. The van der Waals surface area contributed by atoms with Crippen LogP contribution in [0.4, 0.5) is 11.8 Å². The molecule has 1 aliphatic rings. The Balaban J connectivity index is 1.91. The zero-order chi connectivity index (χ0) is 16.4. The highest BCUT2D eigenvalue weighted by Gasteiger charge is 2.25. The molecule has 2 atom stereocenters. The van der Waals surface area contributed by atoms with Gasteiger partial charge in [0, 0.05) is 24.6 Å². The number of nitrogen functional groups attached to an aromatic ring is 1. The average molecular weight is 318 g/mol. The lowest BCUT2D eigenvalue weighted by molar-refractivity contribution is 0.108. The molecule has 1 aromatic heterocycles. The molecule has 3 rings (SSSR count). The van der Waals surface area contributed by atoms with Crippen LogP contribution in [0, 0.1) is 0 Å². The second-order valence-electron chi connectivity index (χ2n) is 5.67. The highest BCUT2D eigenvalue weighted by atomic mass is 16.5. The SMILES string of the molecule is COc1cc2nc(NC3CCC(OC)C3)nc(N)c2cc1OC. The Morgan fingerprint density at radius 3 is 2.48 bits per heavy atom. The summed E-state index contributed by atoms with van der Waals surface area (Å²) < 4.78 is 16.0. The van der Waals surface area contributed by atoms with Crippen LogP contribution in [0.1, 0.15) is 19.3 Å². The predicted molar refractivity (Wildman–Crippen MR) is 89.1 cm³/mol. The molecule has 0 spiro atoms. The minimum atomic E-state index is 0.301. The minimum Gasteiger partial charge on any atom is -0.493 e. The van der Waals surface area contributed by atoms with E-state index in [1.54, 1.807) is 27.4 Å². The van der Waals surface area contributed by atoms with Crippen molar-refractivity contribution in [2.45, 2.75) is 31.4 Å². The molecule has 1 fully saturated rings. The van der Waals surface area contributed by atoms with E-state index in [1.807, 2.05) is 6.07 Å². The van der Waals surface area contributed by atoms with E-state index in [9.17, 15) is 0 Å². The van der Waals surface area contributed by atoms with Gasteiger partial charge < -0.3 is 25.3 Å². The first-order valence-corrected chi connectivity index (χ1v) is 7.63. The topological polar surface area (TPSA) is 91.5 Å². The summed E-state index contributed by atoms with van der Waals surface area (Å²) in [6, 6.07) is 3.91. The third kappa shape index (κ3) is 3.10. The molecular formula is C16H22N4O3. The lowest BCUT2D eigenvalue weighted by Crippen LogP contribution is -2.19. The van der Waals surface area contributed by atoms with Crippen molar-refractivity contribution in [3.63, 3.8) is 0 Å². The third-order valence-corrected chi connectivity index (χ3v) is 4.28. The van der Waals surface area contributed by atoms with E-state index < -0.39 is 0 Å². The van der Waals surface area contributed by atoms with Gasteiger partial charge in [-0.05, 0) is 25.3 Å². The number of nitrogens with two attached hydrogens (primary N) is 1. The van der Waals surface area contributed by atoms with Crippen molar-refractivity contribution in [3.05, 3.63) is 12.1 Å². The van der Waals surface area contributed by atoms with Gasteiger partial charge in [0.1, 0.15) is 5.82 Å². The summed E-state index contributed by atoms with van der Waals surface area (Å²) in [5.41, 5.74) is 6.81. The molecular weight excluding hydrogens is 296 g/mol. The highest BCUT2D eigenvalue weighted by Crippen LogP contribution is 2.34. The number of rotatable bonds is 5. The largest absolute Gasteiger partial charge is 0.493 e. The molecule has 0 radical (unpaired) electrons. The lowest BCUT2D eigenvalue weighted by atomic mass is 10.2. The number of methoxy groups -OCH3 is 3. The number of nitrogens with zero attached hydrogens (tertiary/aromatic N) is 2. The molecule has 2 aromatic rings. The Hall–Kier alpha value is -2.28. The Labute approximate surface area is 135 Å². The molecule has 1 aliphatic carbocycles. The van der Waals surface area contributed by atoms with Crippen molar-refractivity contribution in [1.82, 2.24) is 9.97 Å². The van der Waals surface area contributed by atoms with Gasteiger partial charge in [0.2, 0.25) is 5.95 Å². The van der Waals surface area contributed by atoms with Crippen LogP contribution in [-0.2, 0) is 4.74 Å². The molecule has 0 amide bonds. The molecule has 7 heteroatoms. The number of fused-ring (bicyclic) bond motifs is 1. The fourth-order valence-corrected chi connectivity index (χ4v) is 3.01. The second kappa shape index (κ2) is 6.45. The molecule has 2 unspecified atom stereocenters. The Kier molecular flexibility index (Phi) is 4.38. The summed E-state index contributed by atoms with van der Waals surface area (Å²) in [5, 5.41) is 4.09. The predicted octanol–water partition coefficient (Wildman–Crippen LogP) is 2.21. The van der Waals surface area contributed by atoms with Crippen LogP contribution in [-0.4, -0.2) is 43.4 Å². The summed E-state index contributed by atoms with van der Waals surface area (Å²) >= 11 is 0. The third-order valence-electron chi connectivity index (χ3n) is 4.28. The average Bonchev–Trinajstić information content (AvgIpc) is 3.01. The lowest BCUT2D eigenvalue weighted by Gasteiger charge is -2.15. The van der Waals surface area contributed by atoms with Gasteiger partial charge >= 0.3 is 0 Å². The van der Waals surface area contributed by atoms with E-state index in [-0.39, 0.29) is 0 Å². The van der Waals surface area contributed by atoms with Crippen LogP contribution >= 0.6 is 0 Å². The number of nitrogens with one attached hydrogen (secondary N) is 1. The molecule has 124 valence electrons. The first-order valence-electron chi connectivity index (χ1n) is 7.63. The summed E-state index contributed by atoms with van der Waals surface area (Å²) in [6.45, 7) is 0. The number of benzene rings is 1. The van der Waals surface area contributed by atoms with E-state index in [0.717, 1.165) is 30.2 Å². The van der Waals surface area contributed by atoms with Crippen molar-refractivity contribution < 1.29 is 14.2 Å². The molecule has 3 N–H and O–H groups in total. The standard InChI is InChI=1S/C16H22N4O3/c1-21-10-5-4-9(6-10)18-16-19-12-8-14(23-3)13(22-2)7-11(12)15(17)20-16/h7-10H,4-6H2,1-3H3,(H3,17,18,19,20). The molecule has 1 aromatic carbocycles. The number of hydrogen-bond acceptors (Lipinski definition) is 7. The van der Waals surface area contributed by atoms with Gasteiger partial charge in [0.05, 0.1) is 25.8 Å². The second-order valence-corrected chi connectivity index (χ2v) is 5.67. The number of ether oxygens (including phenoxy) is 3. The van der Waals surface area contributed by atoms with E-state index >= 15 is 0 Å². The maximum absolute atomic E-state index is 6.09. The van der Waals surface area contributed by atoms with Gasteiger partial charge in [0.25, 0.3) is 0 Å². The van der Waals surface area contributed by atoms with Crippen molar-refractivity contribution in [3.8, 4) is 11.5 Å². The zero-order valence-electron chi connectivity index (χ0n) is 13.6. The van der Waals surface area contributed by atoms with E-state index in [0.29, 0.717) is 35.4 Å². The van der Waals surface area contributed by atoms with E-state index in [1.165, 1.54) is 0 Å². The monoisotopic (exact) mass is 318 g/mol. The van der Waals surface area contributed by atoms with Crippen LogP contribution in [0.5, 0.6) is 11.5 Å². The van der Waals surface area contributed by atoms with Gasteiger partial charge in [-0.25, -0.2) is 4.98 Å². The smallest absolute Gasteiger partial charge is 0.225 e. The molecule has 0 saturated heterocycles. The zero-order valence-corrected chi connectivity index (χ0v) is 13.6. The minimum absolute atomic E-state index is 0.301. The summed E-state index contributed by atoms with van der Waals surface area (Å²) in [6.07, 6.45) is 3.33. The Morgan fingerprint density at radius 2 is 1.83 bits per heavy atom.